The summed E-state index contributed by atoms with van der Waals surface area (Å²) < 4.78 is 19.3. The smallest absolute Gasteiger partial charge is 0.163 e. The molecule has 2 aromatic rings. The van der Waals surface area contributed by atoms with Crippen molar-refractivity contribution in [3.05, 3.63) is 18.0 Å². The number of nitrogens with zero attached hydrogens (tertiary/aromatic N) is 3. The Kier molecular flexibility index (Phi) is 5.05. The molecule has 0 amide bonds. The van der Waals surface area contributed by atoms with E-state index in [0.29, 0.717) is 13.2 Å². The molecule has 1 aromatic heterocycles. The predicted molar refractivity (Wildman–Crippen MR) is 95.6 cm³/mol. The van der Waals surface area contributed by atoms with E-state index in [1.54, 1.807) is 0 Å². The normalized spacial score (nSPS) is 18.0. The summed E-state index contributed by atoms with van der Waals surface area (Å²) in [6.07, 6.45) is 0.903. The molecule has 25 heavy (non-hydrogen) atoms. The number of hydrogen-bond acceptors (Lipinski definition) is 6. The topological polar surface area (TPSA) is 60.8 Å². The van der Waals surface area contributed by atoms with Crippen molar-refractivity contribution < 1.29 is 14.2 Å². The van der Waals surface area contributed by atoms with Gasteiger partial charge in [0.05, 0.1) is 24.2 Å². The summed E-state index contributed by atoms with van der Waals surface area (Å²) in [7, 11) is 1.97. The van der Waals surface area contributed by atoms with E-state index < -0.39 is 0 Å². The van der Waals surface area contributed by atoms with Crippen molar-refractivity contribution in [1.82, 2.24) is 19.8 Å². The Morgan fingerprint density at radius 3 is 2.56 bits per heavy atom. The average molecular weight is 346 g/mol. The molecule has 0 spiro atoms. The van der Waals surface area contributed by atoms with Crippen LogP contribution in [0.2, 0.25) is 0 Å². The maximum absolute atomic E-state index is 5.77. The molecule has 3 heterocycles. The van der Waals surface area contributed by atoms with E-state index in [4.69, 9.17) is 19.2 Å². The number of benzene rings is 1. The highest BCUT2D eigenvalue weighted by molar-refractivity contribution is 5.80. The van der Waals surface area contributed by atoms with Crippen LogP contribution in [0.1, 0.15) is 5.82 Å². The highest BCUT2D eigenvalue weighted by atomic mass is 16.6. The third-order valence-corrected chi connectivity index (χ3v) is 4.83. The number of hydrogen-bond donors (Lipinski definition) is 1. The fourth-order valence-corrected chi connectivity index (χ4v) is 3.45. The van der Waals surface area contributed by atoms with Crippen LogP contribution in [-0.4, -0.2) is 74.1 Å². The molecule has 1 saturated heterocycles. The lowest BCUT2D eigenvalue weighted by atomic mass is 10.2. The zero-order chi connectivity index (χ0) is 17.1. The van der Waals surface area contributed by atoms with Crippen LogP contribution in [0.25, 0.3) is 11.0 Å². The summed E-state index contributed by atoms with van der Waals surface area (Å²) in [6.45, 7) is 7.72. The van der Waals surface area contributed by atoms with Gasteiger partial charge >= 0.3 is 0 Å². The minimum Gasteiger partial charge on any atom is -0.486 e. The van der Waals surface area contributed by atoms with Gasteiger partial charge in [0.1, 0.15) is 19.0 Å². The lowest BCUT2D eigenvalue weighted by Crippen LogP contribution is -2.38. The fourth-order valence-electron chi connectivity index (χ4n) is 3.45. The standard InChI is InChI=1S/C18H26N4O3/c1-19-3-2-18-20-14-12-16-17(25-11-10-24-16)13-15(14)22(18)5-4-21-6-8-23-9-7-21/h12-13,19H,2-11H2,1H3. The number of morpholine rings is 1. The van der Waals surface area contributed by atoms with E-state index in [1.165, 1.54) is 0 Å². The highest BCUT2D eigenvalue weighted by Gasteiger charge is 2.19. The first-order valence-corrected chi connectivity index (χ1v) is 9.08. The molecule has 1 fully saturated rings. The Labute approximate surface area is 147 Å². The van der Waals surface area contributed by atoms with E-state index in [-0.39, 0.29) is 0 Å². The molecule has 2 aliphatic rings. The first-order valence-electron chi connectivity index (χ1n) is 9.08. The molecule has 0 aliphatic carbocycles. The van der Waals surface area contributed by atoms with Gasteiger partial charge in [-0.1, -0.05) is 0 Å². The summed E-state index contributed by atoms with van der Waals surface area (Å²) in [5.41, 5.74) is 2.11. The molecule has 4 rings (SSSR count). The Hall–Kier alpha value is -1.83. The monoisotopic (exact) mass is 346 g/mol. The molecule has 7 nitrogen and oxygen atoms in total. The zero-order valence-electron chi connectivity index (χ0n) is 14.8. The molecule has 7 heteroatoms. The summed E-state index contributed by atoms with van der Waals surface area (Å²) in [5.74, 6) is 2.74. The third kappa shape index (κ3) is 3.58. The van der Waals surface area contributed by atoms with E-state index in [9.17, 15) is 0 Å². The van der Waals surface area contributed by atoms with Crippen LogP contribution in [0.5, 0.6) is 11.5 Å². The summed E-state index contributed by atoms with van der Waals surface area (Å²) in [4.78, 5) is 7.32. The maximum atomic E-state index is 5.77. The van der Waals surface area contributed by atoms with Crippen LogP contribution < -0.4 is 14.8 Å². The largest absolute Gasteiger partial charge is 0.486 e. The molecule has 0 radical (unpaired) electrons. The summed E-state index contributed by atoms with van der Waals surface area (Å²) in [6, 6.07) is 4.09. The first kappa shape index (κ1) is 16.6. The molecule has 2 aliphatic heterocycles. The fraction of sp³-hybridized carbons (Fsp3) is 0.611. The van der Waals surface area contributed by atoms with E-state index >= 15 is 0 Å². The number of likely N-dealkylation sites (N-methyl/N-ethyl adjacent to an activating group) is 1. The van der Waals surface area contributed by atoms with Crippen molar-refractivity contribution in [2.45, 2.75) is 13.0 Å². The lowest BCUT2D eigenvalue weighted by molar-refractivity contribution is 0.0364. The summed E-state index contributed by atoms with van der Waals surface area (Å²) >= 11 is 0. The van der Waals surface area contributed by atoms with Gasteiger partial charge in [0, 0.05) is 51.3 Å². The maximum Gasteiger partial charge on any atom is 0.163 e. The van der Waals surface area contributed by atoms with Crippen LogP contribution in [0.3, 0.4) is 0 Å². The van der Waals surface area contributed by atoms with Gasteiger partial charge in [-0.15, -0.1) is 0 Å². The Morgan fingerprint density at radius 1 is 1.04 bits per heavy atom. The van der Waals surface area contributed by atoms with Crippen molar-refractivity contribution in [2.75, 3.05) is 59.7 Å². The second-order valence-corrected chi connectivity index (χ2v) is 6.47. The molecular formula is C18H26N4O3. The molecular weight excluding hydrogens is 320 g/mol. The molecule has 136 valence electrons. The van der Waals surface area contributed by atoms with Crippen molar-refractivity contribution in [3.63, 3.8) is 0 Å². The SMILES string of the molecule is CNCCc1nc2cc3c(cc2n1CCN1CCOCC1)OCCO3. The predicted octanol–water partition coefficient (Wildman–Crippen LogP) is 0.902. The first-order chi connectivity index (χ1) is 12.3. The molecule has 0 bridgehead atoms. The molecule has 1 aromatic carbocycles. The Morgan fingerprint density at radius 2 is 1.80 bits per heavy atom. The van der Waals surface area contributed by atoms with Crippen molar-refractivity contribution in [3.8, 4) is 11.5 Å². The Bertz CT molecular complexity index is 725. The van der Waals surface area contributed by atoms with Gasteiger partial charge in [-0.2, -0.15) is 0 Å². The minimum absolute atomic E-state index is 0.600. The quantitative estimate of drug-likeness (QED) is 0.839. The highest BCUT2D eigenvalue weighted by Crippen LogP contribution is 2.34. The van der Waals surface area contributed by atoms with Gasteiger partial charge in [0.25, 0.3) is 0 Å². The van der Waals surface area contributed by atoms with Crippen molar-refractivity contribution in [2.24, 2.45) is 0 Å². The number of fused-ring (bicyclic) bond motifs is 2. The van der Waals surface area contributed by atoms with Gasteiger partial charge in [0.2, 0.25) is 0 Å². The van der Waals surface area contributed by atoms with Gasteiger partial charge in [-0.25, -0.2) is 4.98 Å². The Balaban J connectivity index is 1.63. The number of ether oxygens (including phenoxy) is 3. The van der Waals surface area contributed by atoms with Gasteiger partial charge in [-0.3, -0.25) is 4.90 Å². The van der Waals surface area contributed by atoms with E-state index in [1.807, 2.05) is 13.1 Å². The van der Waals surface area contributed by atoms with Crippen LogP contribution in [-0.2, 0) is 17.7 Å². The number of imidazole rings is 1. The number of rotatable bonds is 6. The second kappa shape index (κ2) is 7.59. The molecule has 0 unspecified atom stereocenters. The average Bonchev–Trinajstić information content (AvgIpc) is 3.00. The molecule has 0 saturated carbocycles. The van der Waals surface area contributed by atoms with Crippen molar-refractivity contribution >= 4 is 11.0 Å². The second-order valence-electron chi connectivity index (χ2n) is 6.47. The van der Waals surface area contributed by atoms with Gasteiger partial charge in [0.15, 0.2) is 11.5 Å². The summed E-state index contributed by atoms with van der Waals surface area (Å²) in [5, 5.41) is 3.22. The van der Waals surface area contributed by atoms with Crippen molar-refractivity contribution in [1.29, 1.82) is 0 Å². The number of nitrogens with one attached hydrogen (secondary N) is 1. The van der Waals surface area contributed by atoms with E-state index in [0.717, 1.165) is 80.7 Å². The van der Waals surface area contributed by atoms with Gasteiger partial charge in [-0.05, 0) is 7.05 Å². The van der Waals surface area contributed by atoms with Crippen LogP contribution in [0.4, 0.5) is 0 Å². The molecule has 0 atom stereocenters. The van der Waals surface area contributed by atoms with Crippen LogP contribution >= 0.6 is 0 Å². The number of aromatic nitrogens is 2. The zero-order valence-corrected chi connectivity index (χ0v) is 14.8. The van der Waals surface area contributed by atoms with Crippen LogP contribution in [0, 0.1) is 0 Å². The lowest BCUT2D eigenvalue weighted by Gasteiger charge is -2.27. The third-order valence-electron chi connectivity index (χ3n) is 4.83. The van der Waals surface area contributed by atoms with E-state index in [2.05, 4.69) is 20.9 Å². The molecule has 1 N–H and O–H groups in total. The van der Waals surface area contributed by atoms with Gasteiger partial charge < -0.3 is 24.1 Å². The van der Waals surface area contributed by atoms with Crippen LogP contribution in [0.15, 0.2) is 12.1 Å². The minimum atomic E-state index is 0.600.